The van der Waals surface area contributed by atoms with Crippen molar-refractivity contribution in [1.29, 1.82) is 5.26 Å². The van der Waals surface area contributed by atoms with Gasteiger partial charge in [-0.25, -0.2) is 0 Å². The van der Waals surface area contributed by atoms with E-state index in [1.54, 1.807) is 0 Å². The Morgan fingerprint density at radius 2 is 2.16 bits per heavy atom. The zero-order valence-electron chi connectivity index (χ0n) is 10.9. The molecule has 94 valence electrons. The number of nitrogens with zero attached hydrogens (tertiary/aromatic N) is 2. The predicted molar refractivity (Wildman–Crippen MR) is 74.6 cm³/mol. The number of hydrogen-bond donors (Lipinski definition) is 1. The van der Waals surface area contributed by atoms with Crippen LogP contribution in [0.25, 0.3) is 10.9 Å². The monoisotopic (exact) mass is 249 g/mol. The maximum atomic E-state index is 9.21. The Balaban J connectivity index is 1.97. The lowest BCUT2D eigenvalue weighted by atomic mass is 9.85. The van der Waals surface area contributed by atoms with Gasteiger partial charge >= 0.3 is 0 Å². The van der Waals surface area contributed by atoms with Crippen molar-refractivity contribution in [3.05, 3.63) is 47.2 Å². The van der Waals surface area contributed by atoms with Crippen molar-refractivity contribution in [1.82, 2.24) is 9.88 Å². The van der Waals surface area contributed by atoms with Crippen molar-refractivity contribution in [2.75, 3.05) is 0 Å². The smallest absolute Gasteiger partial charge is 0.0960 e. The Morgan fingerprint density at radius 1 is 1.32 bits per heavy atom. The molecule has 0 fully saturated rings. The molecule has 0 unspecified atom stereocenters. The van der Waals surface area contributed by atoms with Gasteiger partial charge in [-0.1, -0.05) is 24.3 Å². The van der Waals surface area contributed by atoms with Gasteiger partial charge in [0.15, 0.2) is 0 Å². The highest BCUT2D eigenvalue weighted by molar-refractivity contribution is 5.86. The summed E-state index contributed by atoms with van der Waals surface area (Å²) in [5, 5.41) is 14.1. The Kier molecular flexibility index (Phi) is 2.12. The molecule has 2 aliphatic rings. The van der Waals surface area contributed by atoms with E-state index in [1.807, 2.05) is 0 Å². The first kappa shape index (κ1) is 10.8. The largest absolute Gasteiger partial charge is 0.346 e. The molecule has 1 N–H and O–H groups in total. The van der Waals surface area contributed by atoms with Gasteiger partial charge in [-0.05, 0) is 24.5 Å². The average Bonchev–Trinajstić information content (AvgIpc) is 2.74. The summed E-state index contributed by atoms with van der Waals surface area (Å²) in [5.74, 6) is 0. The van der Waals surface area contributed by atoms with Crippen LogP contribution in [0.15, 0.2) is 35.9 Å². The molecule has 0 saturated carbocycles. The lowest BCUT2D eigenvalue weighted by molar-refractivity contribution is 0.408. The number of hydrogen-bond acceptors (Lipinski definition) is 2. The van der Waals surface area contributed by atoms with Crippen LogP contribution in [0.1, 0.15) is 23.7 Å². The van der Waals surface area contributed by atoms with Crippen LogP contribution in [0.5, 0.6) is 0 Å². The van der Waals surface area contributed by atoms with E-state index in [0.29, 0.717) is 6.04 Å². The van der Waals surface area contributed by atoms with Crippen molar-refractivity contribution in [2.24, 2.45) is 7.05 Å². The predicted octanol–water partition coefficient (Wildman–Crippen LogP) is 2.59. The quantitative estimate of drug-likeness (QED) is 0.779. The fourth-order valence-corrected chi connectivity index (χ4v) is 3.62. The number of fused-ring (bicyclic) bond motifs is 6. The van der Waals surface area contributed by atoms with Gasteiger partial charge in [-0.15, -0.1) is 0 Å². The normalized spacial score (nSPS) is 24.7. The van der Waals surface area contributed by atoms with Crippen LogP contribution in [-0.4, -0.2) is 10.6 Å². The van der Waals surface area contributed by atoms with E-state index in [0.717, 1.165) is 18.4 Å². The van der Waals surface area contributed by atoms with Gasteiger partial charge in [0.1, 0.15) is 0 Å². The van der Waals surface area contributed by atoms with Crippen LogP contribution in [-0.2, 0) is 13.5 Å². The molecule has 19 heavy (non-hydrogen) atoms. The van der Waals surface area contributed by atoms with Crippen LogP contribution in [0.2, 0.25) is 0 Å². The maximum absolute atomic E-state index is 9.21. The summed E-state index contributed by atoms with van der Waals surface area (Å²) in [7, 11) is 2.15. The number of nitriles is 1. The van der Waals surface area contributed by atoms with E-state index < -0.39 is 0 Å². The molecule has 0 aliphatic carbocycles. The second-order valence-corrected chi connectivity index (χ2v) is 5.42. The number of aromatic nitrogens is 1. The zero-order chi connectivity index (χ0) is 13.0. The lowest BCUT2D eigenvalue weighted by Crippen LogP contribution is -2.43. The summed E-state index contributed by atoms with van der Waals surface area (Å²) in [4.78, 5) is 0. The van der Waals surface area contributed by atoms with E-state index in [4.69, 9.17) is 0 Å². The number of aryl methyl sites for hydroxylation is 1. The molecule has 0 saturated heterocycles. The lowest BCUT2D eigenvalue weighted by Gasteiger charge is -2.35. The zero-order valence-corrected chi connectivity index (χ0v) is 10.9. The molecule has 2 aromatic rings. The minimum Gasteiger partial charge on any atom is -0.346 e. The number of benzene rings is 1. The van der Waals surface area contributed by atoms with Gasteiger partial charge in [0, 0.05) is 35.3 Å². The molecule has 2 bridgehead atoms. The van der Waals surface area contributed by atoms with Crippen LogP contribution in [0.4, 0.5) is 0 Å². The molecule has 1 aromatic heterocycles. The van der Waals surface area contributed by atoms with Crippen LogP contribution in [0, 0.1) is 11.3 Å². The van der Waals surface area contributed by atoms with Crippen molar-refractivity contribution >= 4 is 10.9 Å². The fraction of sp³-hybridized carbons (Fsp3) is 0.312. The molecule has 2 aliphatic heterocycles. The standard InChI is InChI=1S/C16H15N3/c1-19-15-5-3-2-4-11(15)12-8-14-10(9-17)6-7-13(18-14)16(12)19/h2-6,13-14,18H,7-8H2,1H3/t13-,14-/m0/s1. The first-order valence-electron chi connectivity index (χ1n) is 6.72. The Labute approximate surface area is 112 Å². The minimum absolute atomic E-state index is 0.196. The number of rotatable bonds is 0. The van der Waals surface area contributed by atoms with Crippen LogP contribution < -0.4 is 5.32 Å². The molecule has 3 heteroatoms. The highest BCUT2D eigenvalue weighted by atomic mass is 15.1. The Bertz CT molecular complexity index is 745. The van der Waals surface area contributed by atoms with Crippen LogP contribution in [0.3, 0.4) is 0 Å². The molecule has 0 amide bonds. The third kappa shape index (κ3) is 1.35. The molecular weight excluding hydrogens is 234 g/mol. The first-order valence-corrected chi connectivity index (χ1v) is 6.72. The van der Waals surface area contributed by atoms with Gasteiger partial charge in [0.25, 0.3) is 0 Å². The third-order valence-electron chi connectivity index (χ3n) is 4.48. The van der Waals surface area contributed by atoms with E-state index in [-0.39, 0.29) is 6.04 Å². The van der Waals surface area contributed by atoms with Crippen molar-refractivity contribution in [3.63, 3.8) is 0 Å². The van der Waals surface area contributed by atoms with Gasteiger partial charge in [0.2, 0.25) is 0 Å². The SMILES string of the molecule is Cn1c2c(c3ccccc31)C[C@@H]1N[C@H]2CC=C1C#N. The highest BCUT2D eigenvalue weighted by Crippen LogP contribution is 2.39. The Hall–Kier alpha value is -2.05. The molecule has 1 aromatic carbocycles. The Morgan fingerprint density at radius 3 is 3.00 bits per heavy atom. The molecule has 4 rings (SSSR count). The molecule has 2 atom stereocenters. The molecular formula is C16H15N3. The van der Waals surface area contributed by atoms with E-state index in [9.17, 15) is 5.26 Å². The summed E-state index contributed by atoms with van der Waals surface area (Å²) >= 11 is 0. The molecule has 3 heterocycles. The van der Waals surface area contributed by atoms with Crippen molar-refractivity contribution in [2.45, 2.75) is 24.9 Å². The van der Waals surface area contributed by atoms with Gasteiger partial charge in [-0.3, -0.25) is 0 Å². The summed E-state index contributed by atoms with van der Waals surface area (Å²) in [5.41, 5.74) is 5.01. The third-order valence-corrected chi connectivity index (χ3v) is 4.48. The van der Waals surface area contributed by atoms with Crippen LogP contribution >= 0.6 is 0 Å². The molecule has 0 spiro atoms. The van der Waals surface area contributed by atoms with Gasteiger partial charge in [0.05, 0.1) is 12.1 Å². The molecule has 0 radical (unpaired) electrons. The fourth-order valence-electron chi connectivity index (χ4n) is 3.62. The number of nitrogens with one attached hydrogen (secondary N) is 1. The average molecular weight is 249 g/mol. The summed E-state index contributed by atoms with van der Waals surface area (Å²) in [6, 6.07) is 11.4. The topological polar surface area (TPSA) is 40.8 Å². The van der Waals surface area contributed by atoms with Gasteiger partial charge < -0.3 is 9.88 Å². The second kappa shape index (κ2) is 3.72. The summed E-state index contributed by atoms with van der Waals surface area (Å²) < 4.78 is 2.31. The maximum Gasteiger partial charge on any atom is 0.0960 e. The first-order chi connectivity index (χ1) is 9.29. The van der Waals surface area contributed by atoms with E-state index in [1.165, 1.54) is 22.2 Å². The second-order valence-electron chi connectivity index (χ2n) is 5.42. The minimum atomic E-state index is 0.196. The van der Waals surface area contributed by atoms with E-state index >= 15 is 0 Å². The van der Waals surface area contributed by atoms with Gasteiger partial charge in [-0.2, -0.15) is 5.26 Å². The van der Waals surface area contributed by atoms with Crippen molar-refractivity contribution in [3.8, 4) is 6.07 Å². The number of para-hydroxylation sites is 1. The highest BCUT2D eigenvalue weighted by Gasteiger charge is 2.34. The van der Waals surface area contributed by atoms with Crippen molar-refractivity contribution < 1.29 is 0 Å². The molecule has 3 nitrogen and oxygen atoms in total. The summed E-state index contributed by atoms with van der Waals surface area (Å²) in [6.07, 6.45) is 3.94. The van der Waals surface area contributed by atoms with E-state index in [2.05, 4.69) is 53.3 Å². The summed E-state index contributed by atoms with van der Waals surface area (Å²) in [6.45, 7) is 0.